The molecule has 2 bridgehead atoms. The standard InChI is InChI=1S/C19H21NO5.C2HF3O2/c1-20(23)5-4-19-10-18(25-3)16(22)8-13(19)14(20)6-11-7-15(21)17(24-2)9-12(11)19;3-2(4,5)1(6)7/h7-10,14,21H,4-6H2,1-3H3;(H,6,7)/t14-,19-,20-;/m0./s1. The predicted octanol–water partition coefficient (Wildman–Crippen LogP) is 2.58. The van der Waals surface area contributed by atoms with Gasteiger partial charge in [0.2, 0.25) is 5.78 Å². The number of rotatable bonds is 2. The Morgan fingerprint density at radius 1 is 1.28 bits per heavy atom. The van der Waals surface area contributed by atoms with Gasteiger partial charge in [-0.3, -0.25) is 4.79 Å². The Kier molecular flexibility index (Phi) is 5.77. The average molecular weight is 457 g/mol. The van der Waals surface area contributed by atoms with Crippen LogP contribution in [0.4, 0.5) is 13.2 Å². The zero-order valence-electron chi connectivity index (χ0n) is 17.5. The molecule has 0 radical (unpaired) electrons. The van der Waals surface area contributed by atoms with Crippen LogP contribution in [0.1, 0.15) is 17.5 Å². The van der Waals surface area contributed by atoms with Crippen molar-refractivity contribution in [3.05, 3.63) is 52.0 Å². The number of hydrogen-bond acceptors (Lipinski definition) is 6. The summed E-state index contributed by atoms with van der Waals surface area (Å²) in [4.78, 5) is 21.3. The second kappa shape index (κ2) is 7.82. The summed E-state index contributed by atoms with van der Waals surface area (Å²) in [6.07, 6.45) is -0.578. The third-order valence-electron chi connectivity index (χ3n) is 6.15. The summed E-state index contributed by atoms with van der Waals surface area (Å²) < 4.78 is 41.9. The number of phenolic OH excluding ortho intramolecular Hbond substituents is 1. The molecule has 1 aliphatic heterocycles. The summed E-state index contributed by atoms with van der Waals surface area (Å²) in [6.45, 7) is 0.451. The molecule has 1 heterocycles. The molecule has 0 aromatic heterocycles. The van der Waals surface area contributed by atoms with Gasteiger partial charge in [0.25, 0.3) is 0 Å². The lowest BCUT2D eigenvalue weighted by atomic mass is 9.58. The highest BCUT2D eigenvalue weighted by atomic mass is 19.4. The number of ketones is 1. The van der Waals surface area contributed by atoms with Crippen molar-refractivity contribution >= 4 is 11.8 Å². The summed E-state index contributed by atoms with van der Waals surface area (Å²) >= 11 is 0. The number of aromatic hydroxyl groups is 1. The molecule has 0 saturated carbocycles. The number of alkyl halides is 3. The molecule has 1 fully saturated rings. The molecule has 0 spiro atoms. The largest absolute Gasteiger partial charge is 0.633 e. The highest BCUT2D eigenvalue weighted by molar-refractivity contribution is 6.05. The fourth-order valence-corrected chi connectivity index (χ4v) is 4.58. The van der Waals surface area contributed by atoms with Crippen molar-refractivity contribution in [2.45, 2.75) is 30.5 Å². The highest BCUT2D eigenvalue weighted by Crippen LogP contribution is 2.54. The molecule has 1 saturated heterocycles. The molecular formula is C21H22F3NO7. The summed E-state index contributed by atoms with van der Waals surface area (Å²) in [7, 11) is 4.65. The van der Waals surface area contributed by atoms with Crippen molar-refractivity contribution in [3.63, 3.8) is 0 Å². The van der Waals surface area contributed by atoms with Gasteiger partial charge in [-0.15, -0.1) is 0 Å². The van der Waals surface area contributed by atoms with Crippen molar-refractivity contribution in [1.29, 1.82) is 0 Å². The Morgan fingerprint density at radius 2 is 1.91 bits per heavy atom. The van der Waals surface area contributed by atoms with E-state index in [0.29, 0.717) is 30.9 Å². The molecule has 8 nitrogen and oxygen atoms in total. The topological polar surface area (TPSA) is 116 Å². The van der Waals surface area contributed by atoms with E-state index in [1.807, 2.05) is 12.1 Å². The number of ether oxygens (including phenoxy) is 2. The molecule has 1 aromatic carbocycles. The van der Waals surface area contributed by atoms with Crippen molar-refractivity contribution in [3.8, 4) is 11.5 Å². The average Bonchev–Trinajstić information content (AvgIpc) is 2.70. The number of hydroxylamine groups is 3. The molecular weight excluding hydrogens is 435 g/mol. The van der Waals surface area contributed by atoms with Crippen LogP contribution in [-0.4, -0.2) is 66.6 Å². The van der Waals surface area contributed by atoms with Gasteiger partial charge in [0.1, 0.15) is 6.04 Å². The van der Waals surface area contributed by atoms with Crippen molar-refractivity contribution in [2.75, 3.05) is 27.8 Å². The van der Waals surface area contributed by atoms with Gasteiger partial charge in [-0.1, -0.05) is 0 Å². The number of fused-ring (bicyclic) bond motifs is 1. The number of carbonyl (C=O) groups excluding carboxylic acids is 1. The first-order valence-electron chi connectivity index (χ1n) is 9.56. The molecule has 4 rings (SSSR count). The summed E-state index contributed by atoms with van der Waals surface area (Å²) in [6, 6.07) is 3.17. The maximum atomic E-state index is 13.0. The van der Waals surface area contributed by atoms with Crippen LogP contribution in [0.5, 0.6) is 11.5 Å². The van der Waals surface area contributed by atoms with E-state index in [1.165, 1.54) is 14.2 Å². The number of halogens is 3. The van der Waals surface area contributed by atoms with Gasteiger partial charge >= 0.3 is 12.1 Å². The number of phenols is 1. The van der Waals surface area contributed by atoms with Crippen LogP contribution in [0, 0.1) is 5.21 Å². The number of carboxylic acids is 1. The van der Waals surface area contributed by atoms with Gasteiger partial charge in [-0.25, -0.2) is 4.79 Å². The third-order valence-corrected chi connectivity index (χ3v) is 6.15. The molecule has 2 N–H and O–H groups in total. The van der Waals surface area contributed by atoms with Crippen molar-refractivity contribution in [1.82, 2.24) is 0 Å². The Bertz CT molecular complexity index is 1030. The van der Waals surface area contributed by atoms with Crippen LogP contribution in [0.25, 0.3) is 0 Å². The second-order valence-corrected chi connectivity index (χ2v) is 8.00. The molecule has 2 aliphatic carbocycles. The number of methoxy groups -OCH3 is 2. The SMILES string of the molecule is COC1=C[C@@]23CC[N@+](C)([O-])[C@@H](Cc4cc(O)c(OC)cc42)C3=CC1=O.O=C(O)C(F)(F)F. The van der Waals surface area contributed by atoms with E-state index >= 15 is 0 Å². The van der Waals surface area contributed by atoms with Gasteiger partial charge in [0.15, 0.2) is 17.3 Å². The summed E-state index contributed by atoms with van der Waals surface area (Å²) in [5.41, 5.74) is 2.19. The number of piperidine rings is 1. The van der Waals surface area contributed by atoms with Crippen LogP contribution >= 0.6 is 0 Å². The molecule has 3 aliphatic rings. The lowest BCUT2D eigenvalue weighted by Gasteiger charge is -2.58. The van der Waals surface area contributed by atoms with Gasteiger partial charge in [0, 0.05) is 18.4 Å². The van der Waals surface area contributed by atoms with Gasteiger partial charge in [-0.05, 0) is 35.4 Å². The van der Waals surface area contributed by atoms with E-state index in [9.17, 15) is 28.3 Å². The van der Waals surface area contributed by atoms with Crippen LogP contribution < -0.4 is 4.74 Å². The number of benzene rings is 1. The van der Waals surface area contributed by atoms with Gasteiger partial charge in [0.05, 0.1) is 33.2 Å². The fourth-order valence-electron chi connectivity index (χ4n) is 4.58. The van der Waals surface area contributed by atoms with Crippen LogP contribution in [0.15, 0.2) is 35.6 Å². The first-order chi connectivity index (χ1) is 14.8. The number of quaternary nitrogens is 1. The number of carboxylic acid groups (broad SMARTS) is 1. The van der Waals surface area contributed by atoms with E-state index < -0.39 is 22.2 Å². The Hall–Kier alpha value is -3.05. The molecule has 11 heteroatoms. The summed E-state index contributed by atoms with van der Waals surface area (Å²) in [5.74, 6) is -2.21. The maximum Gasteiger partial charge on any atom is 0.490 e. The Labute approximate surface area is 181 Å². The van der Waals surface area contributed by atoms with Crippen LogP contribution in [0.2, 0.25) is 0 Å². The molecule has 32 heavy (non-hydrogen) atoms. The monoisotopic (exact) mass is 457 g/mol. The number of carbonyl (C=O) groups is 2. The molecule has 3 atom stereocenters. The Balaban J connectivity index is 0.000000360. The predicted molar refractivity (Wildman–Crippen MR) is 105 cm³/mol. The van der Waals surface area contributed by atoms with E-state index in [2.05, 4.69) is 0 Å². The lowest BCUT2D eigenvalue weighted by Crippen LogP contribution is -2.61. The quantitative estimate of drug-likeness (QED) is 0.518. The smallest absolute Gasteiger partial charge is 0.490 e. The number of likely N-dealkylation sites (N-methyl/N-ethyl adjacent to an activating group) is 1. The van der Waals surface area contributed by atoms with Gasteiger partial charge in [-0.2, -0.15) is 13.2 Å². The third kappa shape index (κ3) is 3.82. The van der Waals surface area contributed by atoms with E-state index in [1.54, 1.807) is 19.2 Å². The van der Waals surface area contributed by atoms with Crippen LogP contribution in [-0.2, 0) is 26.2 Å². The number of likely N-dealkylation sites (tertiary alicyclic amines) is 1. The van der Waals surface area contributed by atoms with Crippen LogP contribution in [0.3, 0.4) is 0 Å². The zero-order chi connectivity index (χ0) is 24.1. The number of hydrogen-bond donors (Lipinski definition) is 2. The molecule has 0 unspecified atom stereocenters. The first kappa shape index (κ1) is 23.6. The van der Waals surface area contributed by atoms with E-state index in [0.717, 1.165) is 16.7 Å². The van der Waals surface area contributed by atoms with E-state index in [4.69, 9.17) is 19.4 Å². The van der Waals surface area contributed by atoms with E-state index in [-0.39, 0.29) is 17.6 Å². The highest BCUT2D eigenvalue weighted by Gasteiger charge is 2.54. The minimum Gasteiger partial charge on any atom is -0.633 e. The normalized spacial score (nSPS) is 28.2. The van der Waals surface area contributed by atoms with Crippen molar-refractivity contribution < 1.29 is 47.1 Å². The number of aliphatic carboxylic acids is 1. The molecule has 1 aromatic rings. The lowest BCUT2D eigenvalue weighted by molar-refractivity contribution is -0.886. The number of allylic oxidation sites excluding steroid dienone is 2. The van der Waals surface area contributed by atoms with Crippen molar-refractivity contribution in [2.24, 2.45) is 0 Å². The summed E-state index contributed by atoms with van der Waals surface area (Å²) in [5, 5.41) is 30.3. The fraction of sp³-hybridized carbons (Fsp3) is 0.429. The Morgan fingerprint density at radius 3 is 2.44 bits per heavy atom. The first-order valence-corrected chi connectivity index (χ1v) is 9.56. The second-order valence-electron chi connectivity index (χ2n) is 8.00. The zero-order valence-corrected chi connectivity index (χ0v) is 17.5. The molecule has 174 valence electrons. The van der Waals surface area contributed by atoms with Gasteiger partial charge < -0.3 is 29.5 Å². The number of nitrogens with zero attached hydrogens (tertiary/aromatic N) is 1. The minimum absolute atomic E-state index is 0.0612. The molecule has 0 amide bonds. The minimum atomic E-state index is -5.08. The maximum absolute atomic E-state index is 13.0.